The average Bonchev–Trinajstić information content (AvgIpc) is 2.09. The summed E-state index contributed by atoms with van der Waals surface area (Å²) < 4.78 is 18.9. The number of terminal acetylenes is 1. The minimum Gasteiger partial charge on any atom is -0.490 e. The van der Waals surface area contributed by atoms with Crippen LogP contribution in [0, 0.1) is 18.2 Å². The first-order valence-corrected chi connectivity index (χ1v) is 4.54. The maximum absolute atomic E-state index is 13.1. The second-order valence-corrected chi connectivity index (χ2v) is 3.29. The monoisotopic (exact) mass is 242 g/mol. The third kappa shape index (κ3) is 3.08. The molecule has 1 aromatic rings. The van der Waals surface area contributed by atoms with Crippen molar-refractivity contribution in [1.82, 2.24) is 0 Å². The van der Waals surface area contributed by atoms with Crippen molar-refractivity contribution in [3.8, 4) is 18.1 Å². The minimum atomic E-state index is -0.383. The van der Waals surface area contributed by atoms with Crippen LogP contribution in [-0.4, -0.2) is 6.61 Å². The highest BCUT2D eigenvalue weighted by atomic mass is 79.9. The fraction of sp³-hybridized carbons (Fsp3) is 0.200. The number of benzene rings is 1. The molecule has 0 aromatic heterocycles. The summed E-state index contributed by atoms with van der Waals surface area (Å²) in [6.07, 6.45) is 5.51. The Labute approximate surface area is 85.0 Å². The predicted octanol–water partition coefficient (Wildman–Crippen LogP) is 2.99. The molecule has 0 fully saturated rings. The van der Waals surface area contributed by atoms with E-state index in [-0.39, 0.29) is 11.6 Å². The van der Waals surface area contributed by atoms with E-state index in [9.17, 15) is 4.39 Å². The average molecular weight is 243 g/mol. The number of hydrogen-bond donors (Lipinski definition) is 0. The van der Waals surface area contributed by atoms with Gasteiger partial charge in [0.05, 0.1) is 6.61 Å². The van der Waals surface area contributed by atoms with Crippen molar-refractivity contribution in [3.05, 3.63) is 28.5 Å². The fourth-order valence-corrected chi connectivity index (χ4v) is 1.15. The van der Waals surface area contributed by atoms with E-state index in [2.05, 4.69) is 21.9 Å². The summed E-state index contributed by atoms with van der Waals surface area (Å²) in [7, 11) is 0. The molecule has 0 heterocycles. The first kappa shape index (κ1) is 10.1. The van der Waals surface area contributed by atoms with Gasteiger partial charge in [0.25, 0.3) is 0 Å². The quantitative estimate of drug-likeness (QED) is 0.585. The lowest BCUT2D eigenvalue weighted by molar-refractivity contribution is 0.310. The zero-order valence-corrected chi connectivity index (χ0v) is 8.47. The Balaban J connectivity index is 2.62. The normalized spacial score (nSPS) is 9.31. The van der Waals surface area contributed by atoms with Crippen LogP contribution < -0.4 is 4.74 Å². The molecule has 0 N–H and O–H groups in total. The van der Waals surface area contributed by atoms with E-state index in [0.717, 1.165) is 0 Å². The first-order valence-electron chi connectivity index (χ1n) is 3.75. The van der Waals surface area contributed by atoms with E-state index >= 15 is 0 Å². The van der Waals surface area contributed by atoms with Crippen LogP contribution in [0.3, 0.4) is 0 Å². The van der Waals surface area contributed by atoms with Crippen molar-refractivity contribution < 1.29 is 9.13 Å². The van der Waals surface area contributed by atoms with Crippen LogP contribution in [0.4, 0.5) is 4.39 Å². The molecule has 0 aliphatic rings. The summed E-state index contributed by atoms with van der Waals surface area (Å²) in [5.41, 5.74) is 0. The van der Waals surface area contributed by atoms with E-state index in [1.807, 2.05) is 0 Å². The van der Waals surface area contributed by atoms with Crippen molar-refractivity contribution in [1.29, 1.82) is 0 Å². The highest BCUT2D eigenvalue weighted by Crippen LogP contribution is 2.21. The second-order valence-electron chi connectivity index (χ2n) is 2.38. The molecule has 0 aliphatic carbocycles. The van der Waals surface area contributed by atoms with E-state index in [1.165, 1.54) is 6.07 Å². The Morgan fingerprint density at radius 2 is 2.31 bits per heavy atom. The van der Waals surface area contributed by atoms with Gasteiger partial charge in [0.2, 0.25) is 0 Å². The lowest BCUT2D eigenvalue weighted by atomic mass is 10.3. The van der Waals surface area contributed by atoms with Gasteiger partial charge in [-0.15, -0.1) is 12.3 Å². The van der Waals surface area contributed by atoms with Crippen molar-refractivity contribution >= 4 is 15.9 Å². The van der Waals surface area contributed by atoms with Gasteiger partial charge < -0.3 is 4.74 Å². The smallest absolute Gasteiger partial charge is 0.166 e. The van der Waals surface area contributed by atoms with Crippen LogP contribution >= 0.6 is 15.9 Å². The molecule has 1 aromatic carbocycles. The molecule has 0 bridgehead atoms. The molecule has 0 aliphatic heterocycles. The molecule has 1 nitrogen and oxygen atoms in total. The van der Waals surface area contributed by atoms with E-state index in [0.29, 0.717) is 17.5 Å². The number of rotatable bonds is 3. The Morgan fingerprint density at radius 1 is 1.54 bits per heavy atom. The molecule has 3 heteroatoms. The molecule has 0 unspecified atom stereocenters. The molecular weight excluding hydrogens is 235 g/mol. The van der Waals surface area contributed by atoms with Crippen molar-refractivity contribution in [2.24, 2.45) is 0 Å². The summed E-state index contributed by atoms with van der Waals surface area (Å²) in [5, 5.41) is 0. The number of hydrogen-bond acceptors (Lipinski definition) is 1. The molecule has 0 saturated carbocycles. The molecule has 0 spiro atoms. The summed E-state index contributed by atoms with van der Waals surface area (Å²) in [5.74, 6) is 2.26. The summed E-state index contributed by atoms with van der Waals surface area (Å²) in [6, 6.07) is 4.63. The van der Waals surface area contributed by atoms with Crippen LogP contribution in [0.5, 0.6) is 5.75 Å². The molecular formula is C10H8BrFO. The standard InChI is InChI=1S/C10H8BrFO/c1-2-3-6-13-10-5-4-8(11)7-9(10)12/h1,4-5,7H,3,6H2. The van der Waals surface area contributed by atoms with Gasteiger partial charge >= 0.3 is 0 Å². The molecule has 0 radical (unpaired) electrons. The lowest BCUT2D eigenvalue weighted by Crippen LogP contribution is -1.97. The van der Waals surface area contributed by atoms with E-state index in [1.54, 1.807) is 12.1 Å². The largest absolute Gasteiger partial charge is 0.490 e. The van der Waals surface area contributed by atoms with Gasteiger partial charge in [-0.1, -0.05) is 15.9 Å². The highest BCUT2D eigenvalue weighted by Gasteiger charge is 2.02. The second kappa shape index (κ2) is 4.88. The maximum Gasteiger partial charge on any atom is 0.166 e. The summed E-state index contributed by atoms with van der Waals surface area (Å²) in [6.45, 7) is 0.342. The third-order valence-electron chi connectivity index (χ3n) is 1.40. The molecule has 0 atom stereocenters. The van der Waals surface area contributed by atoms with Gasteiger partial charge in [0.1, 0.15) is 0 Å². The zero-order chi connectivity index (χ0) is 9.68. The highest BCUT2D eigenvalue weighted by molar-refractivity contribution is 9.10. The van der Waals surface area contributed by atoms with Crippen molar-refractivity contribution in [2.75, 3.05) is 6.61 Å². The Hall–Kier alpha value is -1.01. The Morgan fingerprint density at radius 3 is 2.92 bits per heavy atom. The summed E-state index contributed by atoms with van der Waals surface area (Å²) in [4.78, 5) is 0. The number of ether oxygens (including phenoxy) is 1. The zero-order valence-electron chi connectivity index (χ0n) is 6.89. The van der Waals surface area contributed by atoms with Crippen LogP contribution in [-0.2, 0) is 0 Å². The van der Waals surface area contributed by atoms with Crippen LogP contribution in [0.1, 0.15) is 6.42 Å². The third-order valence-corrected chi connectivity index (χ3v) is 1.89. The van der Waals surface area contributed by atoms with E-state index in [4.69, 9.17) is 11.2 Å². The predicted molar refractivity (Wildman–Crippen MR) is 53.0 cm³/mol. The Bertz CT molecular complexity index is 330. The van der Waals surface area contributed by atoms with E-state index < -0.39 is 0 Å². The lowest BCUT2D eigenvalue weighted by Gasteiger charge is -2.04. The minimum absolute atomic E-state index is 0.235. The van der Waals surface area contributed by atoms with Crippen LogP contribution in [0.2, 0.25) is 0 Å². The van der Waals surface area contributed by atoms with Crippen LogP contribution in [0.15, 0.2) is 22.7 Å². The van der Waals surface area contributed by atoms with Crippen molar-refractivity contribution in [3.63, 3.8) is 0 Å². The maximum atomic E-state index is 13.1. The van der Waals surface area contributed by atoms with Gasteiger partial charge in [-0.3, -0.25) is 0 Å². The first-order chi connectivity index (χ1) is 6.24. The van der Waals surface area contributed by atoms with Gasteiger partial charge in [-0.2, -0.15) is 0 Å². The SMILES string of the molecule is C#CCCOc1ccc(Br)cc1F. The van der Waals surface area contributed by atoms with Gasteiger partial charge in [0, 0.05) is 10.9 Å². The van der Waals surface area contributed by atoms with Gasteiger partial charge in [0.15, 0.2) is 11.6 Å². The molecule has 0 saturated heterocycles. The molecule has 1 rings (SSSR count). The van der Waals surface area contributed by atoms with Gasteiger partial charge in [-0.25, -0.2) is 4.39 Å². The molecule has 68 valence electrons. The topological polar surface area (TPSA) is 9.23 Å². The number of halogens is 2. The van der Waals surface area contributed by atoms with Crippen LogP contribution in [0.25, 0.3) is 0 Å². The molecule has 0 amide bonds. The Kier molecular flexibility index (Phi) is 3.78. The fourth-order valence-electron chi connectivity index (χ4n) is 0.812. The molecule has 13 heavy (non-hydrogen) atoms. The van der Waals surface area contributed by atoms with Gasteiger partial charge in [-0.05, 0) is 18.2 Å². The van der Waals surface area contributed by atoms with Crippen molar-refractivity contribution in [2.45, 2.75) is 6.42 Å². The summed E-state index contributed by atoms with van der Waals surface area (Å²) >= 11 is 3.15.